The van der Waals surface area contributed by atoms with E-state index in [4.69, 9.17) is 0 Å². The minimum atomic E-state index is 0.473. The van der Waals surface area contributed by atoms with Crippen LogP contribution in [-0.2, 0) is 0 Å². The molecule has 5 heteroatoms. The van der Waals surface area contributed by atoms with E-state index in [2.05, 4.69) is 88.0 Å². The Morgan fingerprint density at radius 1 is 0.380 bits per heavy atom. The highest BCUT2D eigenvalue weighted by molar-refractivity contribution is 6.11. The van der Waals surface area contributed by atoms with Gasteiger partial charge < -0.3 is 9.13 Å². The van der Waals surface area contributed by atoms with Crippen LogP contribution < -0.4 is 0 Å². The molecule has 0 bridgehead atoms. The van der Waals surface area contributed by atoms with Gasteiger partial charge in [0.15, 0.2) is 0 Å². The molecule has 0 radical (unpaired) electrons. The smallest absolute Gasteiger partial charge is 0.0998 e. The molecular weight excluding hydrogens is 611 g/mol. The SMILES string of the molecule is N#Cc1ccc2c(c1)c1ccccc1n2-c1ccccc1-c1cc(C#N)c(-c2cccc(-n3c4ccccc4c4ccccc43)c2)cc1C#N. The molecule has 230 valence electrons. The average Bonchev–Trinajstić information content (AvgIpc) is 3.70. The summed E-state index contributed by atoms with van der Waals surface area (Å²) in [6.45, 7) is 0. The van der Waals surface area contributed by atoms with E-state index in [-0.39, 0.29) is 0 Å². The topological polar surface area (TPSA) is 81.2 Å². The monoisotopic (exact) mass is 635 g/mol. The molecule has 2 heterocycles. The lowest BCUT2D eigenvalue weighted by Gasteiger charge is -2.17. The van der Waals surface area contributed by atoms with E-state index in [0.29, 0.717) is 27.8 Å². The molecule has 50 heavy (non-hydrogen) atoms. The lowest BCUT2D eigenvalue weighted by Crippen LogP contribution is -1.99. The van der Waals surface area contributed by atoms with Crippen molar-refractivity contribution in [1.82, 2.24) is 9.13 Å². The maximum atomic E-state index is 10.6. The Hall–Kier alpha value is -7.39. The largest absolute Gasteiger partial charge is 0.309 e. The summed E-state index contributed by atoms with van der Waals surface area (Å²) < 4.78 is 4.43. The Kier molecular flexibility index (Phi) is 6.56. The maximum Gasteiger partial charge on any atom is 0.0998 e. The van der Waals surface area contributed by atoms with E-state index < -0.39 is 0 Å². The third-order valence-electron chi connectivity index (χ3n) is 9.63. The molecule has 9 rings (SSSR count). The molecule has 0 spiro atoms. The number of nitrogens with zero attached hydrogens (tertiary/aromatic N) is 5. The van der Waals surface area contributed by atoms with Gasteiger partial charge in [-0.1, -0.05) is 84.9 Å². The first-order chi connectivity index (χ1) is 24.7. The zero-order valence-corrected chi connectivity index (χ0v) is 26.7. The van der Waals surface area contributed by atoms with Crippen molar-refractivity contribution in [3.05, 3.63) is 168 Å². The van der Waals surface area contributed by atoms with E-state index in [9.17, 15) is 15.8 Å². The Labute approximate surface area is 287 Å². The summed E-state index contributed by atoms with van der Waals surface area (Å²) in [7, 11) is 0. The molecule has 2 aromatic heterocycles. The maximum absolute atomic E-state index is 10.6. The first-order valence-electron chi connectivity index (χ1n) is 16.3. The number of benzene rings is 7. The summed E-state index contributed by atoms with van der Waals surface area (Å²) in [5.41, 5.74) is 10.6. The molecule has 0 unspecified atom stereocenters. The fourth-order valence-electron chi connectivity index (χ4n) is 7.46. The Balaban J connectivity index is 1.24. The van der Waals surface area contributed by atoms with E-state index in [1.165, 1.54) is 10.8 Å². The third-order valence-corrected chi connectivity index (χ3v) is 9.63. The van der Waals surface area contributed by atoms with E-state index in [0.717, 1.165) is 55.3 Å². The summed E-state index contributed by atoms with van der Waals surface area (Å²) in [5, 5.41) is 35.2. The van der Waals surface area contributed by atoms with Crippen molar-refractivity contribution in [2.75, 3.05) is 0 Å². The van der Waals surface area contributed by atoms with Crippen molar-refractivity contribution in [1.29, 1.82) is 15.8 Å². The fraction of sp³-hybridized carbons (Fsp3) is 0. The van der Waals surface area contributed by atoms with Crippen molar-refractivity contribution < 1.29 is 0 Å². The molecule has 0 N–H and O–H groups in total. The molecule has 0 saturated heterocycles. The number of para-hydroxylation sites is 4. The first-order valence-corrected chi connectivity index (χ1v) is 16.3. The molecule has 9 aromatic rings. The highest BCUT2D eigenvalue weighted by atomic mass is 15.0. The zero-order chi connectivity index (χ0) is 33.8. The molecule has 7 aromatic carbocycles. The van der Waals surface area contributed by atoms with Crippen molar-refractivity contribution >= 4 is 43.6 Å². The molecule has 0 amide bonds. The quantitative estimate of drug-likeness (QED) is 0.193. The second-order valence-corrected chi connectivity index (χ2v) is 12.3. The highest BCUT2D eigenvalue weighted by Gasteiger charge is 2.20. The number of rotatable bonds is 4. The summed E-state index contributed by atoms with van der Waals surface area (Å²) in [4.78, 5) is 0. The molecule has 0 atom stereocenters. The second kappa shape index (κ2) is 11.4. The third kappa shape index (κ3) is 4.31. The van der Waals surface area contributed by atoms with Crippen molar-refractivity contribution in [2.24, 2.45) is 0 Å². The summed E-state index contributed by atoms with van der Waals surface area (Å²) in [5.74, 6) is 0. The predicted octanol–water partition coefficient (Wildman–Crippen LogP) is 10.8. The summed E-state index contributed by atoms with van der Waals surface area (Å²) >= 11 is 0. The van der Waals surface area contributed by atoms with Crippen LogP contribution in [0.25, 0.3) is 77.2 Å². The van der Waals surface area contributed by atoms with E-state index in [1.807, 2.05) is 91.0 Å². The minimum Gasteiger partial charge on any atom is -0.309 e. The standard InChI is InChI=1S/C45H25N5/c46-26-29-20-21-45-40(22-29)37-15-4-8-19-44(37)50(45)43-18-7-3-14-36(43)39-25-31(27-47)38(24-32(39)28-48)30-10-9-11-33(23-30)49-41-16-5-1-12-34(41)35-13-2-6-17-42(35)49/h1-25H. The van der Waals surface area contributed by atoms with Crippen LogP contribution in [0.3, 0.4) is 0 Å². The summed E-state index contributed by atoms with van der Waals surface area (Å²) in [6.07, 6.45) is 0. The van der Waals surface area contributed by atoms with Gasteiger partial charge in [0.05, 0.1) is 62.7 Å². The molecule has 0 aliphatic rings. The van der Waals surface area contributed by atoms with Gasteiger partial charge in [0.2, 0.25) is 0 Å². The first kappa shape index (κ1) is 28.8. The van der Waals surface area contributed by atoms with Gasteiger partial charge in [0.25, 0.3) is 0 Å². The van der Waals surface area contributed by atoms with Crippen LogP contribution in [0, 0.1) is 34.0 Å². The van der Waals surface area contributed by atoms with Crippen LogP contribution in [0.1, 0.15) is 16.7 Å². The van der Waals surface area contributed by atoms with Crippen molar-refractivity contribution in [2.45, 2.75) is 0 Å². The molecule has 0 saturated carbocycles. The predicted molar refractivity (Wildman–Crippen MR) is 200 cm³/mol. The van der Waals surface area contributed by atoms with Gasteiger partial charge in [0.1, 0.15) is 0 Å². The minimum absolute atomic E-state index is 0.473. The van der Waals surface area contributed by atoms with Gasteiger partial charge in [-0.15, -0.1) is 0 Å². The van der Waals surface area contributed by atoms with Gasteiger partial charge in [-0.3, -0.25) is 0 Å². The average molecular weight is 636 g/mol. The zero-order valence-electron chi connectivity index (χ0n) is 26.7. The van der Waals surface area contributed by atoms with Crippen LogP contribution in [0.15, 0.2) is 152 Å². The Morgan fingerprint density at radius 2 is 0.940 bits per heavy atom. The van der Waals surface area contributed by atoms with E-state index >= 15 is 0 Å². The number of aromatic nitrogens is 2. The molecule has 0 aliphatic heterocycles. The number of nitriles is 3. The van der Waals surface area contributed by atoms with Crippen LogP contribution in [0.4, 0.5) is 0 Å². The molecule has 0 aliphatic carbocycles. The normalized spacial score (nSPS) is 11.1. The van der Waals surface area contributed by atoms with E-state index in [1.54, 1.807) is 0 Å². The summed E-state index contributed by atoms with van der Waals surface area (Å²) in [6, 6.07) is 57.6. The number of hydrogen-bond donors (Lipinski definition) is 0. The number of hydrogen-bond acceptors (Lipinski definition) is 3. The van der Waals surface area contributed by atoms with Crippen molar-refractivity contribution in [3.63, 3.8) is 0 Å². The molecule has 0 fully saturated rings. The lowest BCUT2D eigenvalue weighted by atomic mass is 9.90. The van der Waals surface area contributed by atoms with Gasteiger partial charge >= 0.3 is 0 Å². The Bertz CT molecular complexity index is 2920. The van der Waals surface area contributed by atoms with Crippen LogP contribution >= 0.6 is 0 Å². The number of fused-ring (bicyclic) bond motifs is 6. The second-order valence-electron chi connectivity index (χ2n) is 12.3. The van der Waals surface area contributed by atoms with Gasteiger partial charge in [-0.05, 0) is 72.3 Å². The van der Waals surface area contributed by atoms with Gasteiger partial charge in [-0.2, -0.15) is 15.8 Å². The van der Waals surface area contributed by atoms with Crippen molar-refractivity contribution in [3.8, 4) is 51.8 Å². The van der Waals surface area contributed by atoms with Gasteiger partial charge in [-0.25, -0.2) is 0 Å². The molecule has 5 nitrogen and oxygen atoms in total. The Morgan fingerprint density at radius 3 is 1.62 bits per heavy atom. The van der Waals surface area contributed by atoms with Gasteiger partial charge in [0, 0.05) is 43.9 Å². The van der Waals surface area contributed by atoms with Crippen LogP contribution in [0.5, 0.6) is 0 Å². The lowest BCUT2D eigenvalue weighted by molar-refractivity contribution is 1.18. The molecular formula is C45H25N5. The van der Waals surface area contributed by atoms with Crippen LogP contribution in [0.2, 0.25) is 0 Å². The highest BCUT2D eigenvalue weighted by Crippen LogP contribution is 2.40. The van der Waals surface area contributed by atoms with Crippen LogP contribution in [-0.4, -0.2) is 9.13 Å². The fourth-order valence-corrected chi connectivity index (χ4v) is 7.46.